The van der Waals surface area contributed by atoms with Crippen LogP contribution in [0.2, 0.25) is 10.0 Å². The highest BCUT2D eigenvalue weighted by atomic mass is 35.5. The average molecular weight is 384 g/mol. The molecule has 2 aromatic rings. The van der Waals surface area contributed by atoms with Crippen molar-refractivity contribution in [3.05, 3.63) is 58.1 Å². The van der Waals surface area contributed by atoms with Crippen LogP contribution < -0.4 is 15.9 Å². The number of nitrogens with two attached hydrogens (primary N) is 1. The predicted molar refractivity (Wildman–Crippen MR) is 105 cm³/mol. The summed E-state index contributed by atoms with van der Waals surface area (Å²) >= 11 is 17.8. The average Bonchev–Trinajstić information content (AvgIpc) is 2.52. The Balaban J connectivity index is 2.07. The van der Waals surface area contributed by atoms with Crippen molar-refractivity contribution in [1.29, 1.82) is 0 Å². The summed E-state index contributed by atoms with van der Waals surface area (Å²) in [6.45, 7) is 4.31. The number of nitrogens with zero attached hydrogens (tertiary/aromatic N) is 1. The molecule has 0 aromatic heterocycles. The second kappa shape index (κ2) is 8.53. The van der Waals surface area contributed by atoms with Crippen molar-refractivity contribution in [1.82, 2.24) is 5.01 Å². The fourth-order valence-electron chi connectivity index (χ4n) is 2.01. The molecule has 0 saturated heterocycles. The van der Waals surface area contributed by atoms with E-state index in [2.05, 4.69) is 5.32 Å². The second-order valence-electron chi connectivity index (χ2n) is 5.47. The summed E-state index contributed by atoms with van der Waals surface area (Å²) in [6, 6.07) is 13.1. The molecular weight excluding hydrogens is 365 g/mol. The van der Waals surface area contributed by atoms with E-state index in [1.54, 1.807) is 12.1 Å². The molecule has 0 aliphatic rings. The number of hydrogen-bond acceptors (Lipinski definition) is 3. The highest BCUT2D eigenvalue weighted by Crippen LogP contribution is 2.35. The third kappa shape index (κ3) is 5.24. The lowest BCUT2D eigenvalue weighted by Crippen LogP contribution is -2.39. The Kier molecular flexibility index (Phi) is 6.69. The van der Waals surface area contributed by atoms with E-state index in [1.165, 1.54) is 5.01 Å². The Morgan fingerprint density at radius 1 is 1.21 bits per heavy atom. The molecule has 0 heterocycles. The lowest BCUT2D eigenvalue weighted by molar-refractivity contribution is 0.242. The van der Waals surface area contributed by atoms with Gasteiger partial charge in [-0.3, -0.25) is 5.01 Å². The Bertz CT molecular complexity index is 710. The number of thiocarbonyl (C=S) groups is 1. The van der Waals surface area contributed by atoms with Gasteiger partial charge in [-0.1, -0.05) is 53.5 Å². The van der Waals surface area contributed by atoms with Gasteiger partial charge in [0.2, 0.25) is 0 Å². The van der Waals surface area contributed by atoms with Gasteiger partial charge in [0, 0.05) is 6.07 Å². The minimum atomic E-state index is 0.00357. The van der Waals surface area contributed by atoms with Crippen LogP contribution in [0.3, 0.4) is 0 Å². The summed E-state index contributed by atoms with van der Waals surface area (Å²) in [7, 11) is 0. The molecule has 128 valence electrons. The number of ether oxygens (including phenoxy) is 1. The summed E-state index contributed by atoms with van der Waals surface area (Å²) in [5.74, 6) is 6.54. The van der Waals surface area contributed by atoms with Gasteiger partial charge in [0.05, 0.1) is 28.4 Å². The van der Waals surface area contributed by atoms with Gasteiger partial charge in [-0.15, -0.1) is 0 Å². The normalized spacial score (nSPS) is 10.6. The SMILES string of the molecule is CC(C)Oc1cc(Cl)c(NC(=S)N(N)Cc2ccccc2)cc1Cl. The zero-order chi connectivity index (χ0) is 17.7. The Morgan fingerprint density at radius 2 is 1.88 bits per heavy atom. The summed E-state index contributed by atoms with van der Waals surface area (Å²) in [5.41, 5.74) is 1.63. The number of rotatable bonds is 5. The van der Waals surface area contributed by atoms with Gasteiger partial charge in [0.1, 0.15) is 5.75 Å². The van der Waals surface area contributed by atoms with Gasteiger partial charge >= 0.3 is 0 Å². The lowest BCUT2D eigenvalue weighted by atomic mass is 10.2. The van der Waals surface area contributed by atoms with E-state index < -0.39 is 0 Å². The molecule has 0 unspecified atom stereocenters. The molecule has 0 spiro atoms. The maximum absolute atomic E-state index is 6.27. The highest BCUT2D eigenvalue weighted by molar-refractivity contribution is 7.80. The first kappa shape index (κ1) is 18.8. The van der Waals surface area contributed by atoms with Crippen LogP contribution in [0.25, 0.3) is 0 Å². The first-order valence-electron chi connectivity index (χ1n) is 7.39. The molecule has 0 atom stereocenters. The first-order chi connectivity index (χ1) is 11.4. The van der Waals surface area contributed by atoms with E-state index >= 15 is 0 Å². The minimum Gasteiger partial charge on any atom is -0.489 e. The van der Waals surface area contributed by atoms with Crippen LogP contribution in [0, 0.1) is 0 Å². The largest absolute Gasteiger partial charge is 0.489 e. The summed E-state index contributed by atoms with van der Waals surface area (Å²) in [6.07, 6.45) is 0.00357. The summed E-state index contributed by atoms with van der Waals surface area (Å²) in [4.78, 5) is 0. The predicted octanol–water partition coefficient (Wildman–Crippen LogP) is 4.85. The Morgan fingerprint density at radius 3 is 2.50 bits per heavy atom. The van der Waals surface area contributed by atoms with Gasteiger partial charge in [0.25, 0.3) is 0 Å². The van der Waals surface area contributed by atoms with Crippen LogP contribution in [0.5, 0.6) is 5.75 Å². The number of hydrazine groups is 1. The monoisotopic (exact) mass is 383 g/mol. The smallest absolute Gasteiger partial charge is 0.188 e. The van der Waals surface area contributed by atoms with Gasteiger partial charge in [-0.2, -0.15) is 0 Å². The molecule has 0 amide bonds. The van der Waals surface area contributed by atoms with Crippen LogP contribution >= 0.6 is 35.4 Å². The fourth-order valence-corrected chi connectivity index (χ4v) is 2.59. The Hall–Kier alpha value is -1.53. The quantitative estimate of drug-likeness (QED) is 0.438. The van der Waals surface area contributed by atoms with Gasteiger partial charge < -0.3 is 10.1 Å². The van der Waals surface area contributed by atoms with Crippen LogP contribution in [0.1, 0.15) is 19.4 Å². The lowest BCUT2D eigenvalue weighted by Gasteiger charge is -2.21. The molecule has 7 heteroatoms. The third-order valence-corrected chi connectivity index (χ3v) is 4.03. The number of nitrogens with one attached hydrogen (secondary N) is 1. The molecular formula is C17H19Cl2N3OS. The first-order valence-corrected chi connectivity index (χ1v) is 8.56. The number of anilines is 1. The molecule has 3 N–H and O–H groups in total. The molecule has 2 rings (SSSR count). The molecule has 2 aromatic carbocycles. The molecule has 0 bridgehead atoms. The Labute approximate surface area is 157 Å². The topological polar surface area (TPSA) is 50.5 Å². The van der Waals surface area contributed by atoms with Crippen molar-refractivity contribution in [2.24, 2.45) is 5.84 Å². The molecule has 24 heavy (non-hydrogen) atoms. The van der Waals surface area contributed by atoms with Crippen molar-refractivity contribution < 1.29 is 4.74 Å². The molecule has 0 aliphatic heterocycles. The van der Waals surface area contributed by atoms with Crippen molar-refractivity contribution in [3.8, 4) is 5.75 Å². The van der Waals surface area contributed by atoms with E-state index in [1.807, 2.05) is 44.2 Å². The fraction of sp³-hybridized carbons (Fsp3) is 0.235. The van der Waals surface area contributed by atoms with E-state index in [0.717, 1.165) is 5.56 Å². The number of halogens is 2. The van der Waals surface area contributed by atoms with Gasteiger partial charge in [-0.25, -0.2) is 5.84 Å². The van der Waals surface area contributed by atoms with Crippen molar-refractivity contribution in [2.75, 3.05) is 5.32 Å². The standard InChI is InChI=1S/C17H19Cl2N3OS/c1-11(2)23-16-9-13(18)15(8-14(16)19)21-17(24)22(20)10-12-6-4-3-5-7-12/h3-9,11H,10,20H2,1-2H3,(H,21,24). The third-order valence-electron chi connectivity index (χ3n) is 3.08. The van der Waals surface area contributed by atoms with Crippen LogP contribution in [0.15, 0.2) is 42.5 Å². The van der Waals surface area contributed by atoms with E-state index in [4.69, 9.17) is 46.0 Å². The highest BCUT2D eigenvalue weighted by Gasteiger charge is 2.13. The van der Waals surface area contributed by atoms with Gasteiger partial charge in [0.15, 0.2) is 5.11 Å². The van der Waals surface area contributed by atoms with Crippen LogP contribution in [-0.2, 0) is 6.54 Å². The summed E-state index contributed by atoms with van der Waals surface area (Å²) < 4.78 is 5.60. The van der Waals surface area contributed by atoms with Gasteiger partial charge in [-0.05, 0) is 37.7 Å². The van der Waals surface area contributed by atoms with Crippen molar-refractivity contribution in [3.63, 3.8) is 0 Å². The molecule has 0 radical (unpaired) electrons. The number of benzene rings is 2. The zero-order valence-corrected chi connectivity index (χ0v) is 15.8. The van der Waals surface area contributed by atoms with E-state index in [9.17, 15) is 0 Å². The summed E-state index contributed by atoms with van der Waals surface area (Å²) in [5, 5.41) is 5.69. The van der Waals surface area contributed by atoms with Crippen molar-refractivity contribution in [2.45, 2.75) is 26.5 Å². The zero-order valence-electron chi connectivity index (χ0n) is 13.4. The number of hydrogen-bond donors (Lipinski definition) is 2. The maximum Gasteiger partial charge on any atom is 0.188 e. The van der Waals surface area contributed by atoms with E-state index in [-0.39, 0.29) is 6.10 Å². The van der Waals surface area contributed by atoms with Crippen LogP contribution in [-0.4, -0.2) is 16.2 Å². The molecule has 0 saturated carbocycles. The van der Waals surface area contributed by atoms with Crippen molar-refractivity contribution >= 4 is 46.2 Å². The second-order valence-corrected chi connectivity index (χ2v) is 6.67. The molecule has 4 nitrogen and oxygen atoms in total. The molecule has 0 aliphatic carbocycles. The molecule has 0 fully saturated rings. The minimum absolute atomic E-state index is 0.00357. The maximum atomic E-state index is 6.27. The van der Waals surface area contributed by atoms with E-state index in [0.29, 0.717) is 33.1 Å². The van der Waals surface area contributed by atoms with Crippen LogP contribution in [0.4, 0.5) is 5.69 Å².